The third-order valence-corrected chi connectivity index (χ3v) is 7.61. The highest BCUT2D eigenvalue weighted by molar-refractivity contribution is 6.35. The molecule has 0 unspecified atom stereocenters. The van der Waals surface area contributed by atoms with Crippen LogP contribution in [0.1, 0.15) is 16.8 Å². The number of nitrogens with one attached hydrogen (secondary N) is 1. The van der Waals surface area contributed by atoms with Gasteiger partial charge in [0.15, 0.2) is 0 Å². The van der Waals surface area contributed by atoms with Gasteiger partial charge in [0.1, 0.15) is 12.6 Å². The number of likely N-dealkylation sites (N-methyl/N-ethyl adjacent to an activating group) is 1. The van der Waals surface area contributed by atoms with Crippen LogP contribution in [0.25, 0.3) is 21.8 Å². The summed E-state index contributed by atoms with van der Waals surface area (Å²) in [4.78, 5) is 33.4. The summed E-state index contributed by atoms with van der Waals surface area (Å²) in [5.74, 6) is -0.540. The Bertz CT molecular complexity index is 1680. The number of benzene rings is 3. The normalized spacial score (nSPS) is 12.0. The minimum atomic E-state index is -0.797. The fraction of sp³-hybridized carbons (Fsp3) is 0.219. The Labute approximate surface area is 238 Å². The minimum Gasteiger partial charge on any atom is -0.396 e. The first-order chi connectivity index (χ1) is 19.4. The van der Waals surface area contributed by atoms with Gasteiger partial charge in [0.25, 0.3) is 0 Å². The van der Waals surface area contributed by atoms with E-state index in [1.165, 1.54) is 0 Å². The van der Waals surface area contributed by atoms with Gasteiger partial charge >= 0.3 is 0 Å². The maximum absolute atomic E-state index is 13.8. The van der Waals surface area contributed by atoms with Gasteiger partial charge in [-0.1, -0.05) is 66.2 Å². The smallest absolute Gasteiger partial charge is 0.249 e. The molecule has 2 N–H and O–H groups in total. The van der Waals surface area contributed by atoms with Crippen molar-refractivity contribution in [1.82, 2.24) is 14.9 Å². The molecule has 0 bridgehead atoms. The number of fused-ring (bicyclic) bond motifs is 2. The molecule has 2 heterocycles. The second-order valence-corrected chi connectivity index (χ2v) is 10.3. The Balaban J connectivity index is 1.43. The number of amides is 2. The van der Waals surface area contributed by atoms with Crippen molar-refractivity contribution in [2.24, 2.45) is 0 Å². The molecular weight excluding hydrogens is 524 g/mol. The quantitative estimate of drug-likeness (QED) is 0.266. The zero-order valence-electron chi connectivity index (χ0n) is 22.5. The summed E-state index contributed by atoms with van der Waals surface area (Å²) in [7, 11) is 1.70. The number of aliphatic hydroxyl groups is 1. The van der Waals surface area contributed by atoms with E-state index >= 15 is 0 Å². The van der Waals surface area contributed by atoms with Crippen LogP contribution < -0.4 is 10.2 Å². The summed E-state index contributed by atoms with van der Waals surface area (Å²) in [5, 5.41) is 15.0. The number of pyridine rings is 1. The highest BCUT2D eigenvalue weighted by Crippen LogP contribution is 2.32. The molecule has 40 heavy (non-hydrogen) atoms. The summed E-state index contributed by atoms with van der Waals surface area (Å²) < 4.78 is 1.89. The van der Waals surface area contributed by atoms with Crippen molar-refractivity contribution >= 4 is 50.9 Å². The number of hydrogen-bond acceptors (Lipinski definition) is 4. The summed E-state index contributed by atoms with van der Waals surface area (Å²) >= 11 is 6.51. The summed E-state index contributed by atoms with van der Waals surface area (Å²) in [5.41, 5.74) is 5.01. The highest BCUT2D eigenvalue weighted by Gasteiger charge is 2.27. The van der Waals surface area contributed by atoms with E-state index in [4.69, 9.17) is 11.6 Å². The lowest BCUT2D eigenvalue weighted by atomic mass is 10.0. The predicted molar refractivity (Wildman–Crippen MR) is 160 cm³/mol. The van der Waals surface area contributed by atoms with Gasteiger partial charge in [0.05, 0.1) is 27.9 Å². The van der Waals surface area contributed by atoms with Crippen molar-refractivity contribution < 1.29 is 14.7 Å². The third kappa shape index (κ3) is 5.57. The standard InChI is InChI=1S/C32H31ClN4O3/c1-21-25(15-16-38)31-26(33)12-8-14-29(31)37(21)20-30(39)35-28(17-22-9-4-3-5-10-22)32(40)36(2)24-18-23-11-6-7-13-27(23)34-19-24/h3-14,18-19,28,38H,15-17,20H2,1-2H3,(H,35,39)/t28-/m0/s1. The molecule has 0 saturated heterocycles. The van der Waals surface area contributed by atoms with Gasteiger partial charge < -0.3 is 19.9 Å². The lowest BCUT2D eigenvalue weighted by Gasteiger charge is -2.25. The number of aromatic nitrogens is 2. The molecule has 1 atom stereocenters. The second kappa shape index (κ2) is 11.9. The molecule has 0 saturated carbocycles. The zero-order chi connectivity index (χ0) is 28.2. The molecular formula is C32H31ClN4O3. The molecule has 8 heteroatoms. The van der Waals surface area contributed by atoms with Gasteiger partial charge in [-0.3, -0.25) is 14.6 Å². The van der Waals surface area contributed by atoms with Crippen LogP contribution in [0.15, 0.2) is 85.1 Å². The average molecular weight is 555 g/mol. The highest BCUT2D eigenvalue weighted by atomic mass is 35.5. The van der Waals surface area contributed by atoms with Crippen molar-refractivity contribution in [2.45, 2.75) is 32.4 Å². The van der Waals surface area contributed by atoms with Crippen LogP contribution in [-0.4, -0.2) is 46.2 Å². The van der Waals surface area contributed by atoms with Crippen LogP contribution in [0.5, 0.6) is 0 Å². The van der Waals surface area contributed by atoms with Crippen molar-refractivity contribution in [3.05, 3.63) is 107 Å². The van der Waals surface area contributed by atoms with E-state index in [-0.39, 0.29) is 25.0 Å². The van der Waals surface area contributed by atoms with E-state index in [1.54, 1.807) is 24.2 Å². The molecule has 204 valence electrons. The lowest BCUT2D eigenvalue weighted by Crippen LogP contribution is -2.49. The Kier molecular flexibility index (Phi) is 8.14. The Hall–Kier alpha value is -4.20. The predicted octanol–water partition coefficient (Wildman–Crippen LogP) is 5.08. The Morgan fingerprint density at radius 2 is 1.80 bits per heavy atom. The van der Waals surface area contributed by atoms with Crippen molar-refractivity contribution in [1.29, 1.82) is 0 Å². The maximum atomic E-state index is 13.8. The fourth-order valence-electron chi connectivity index (χ4n) is 5.22. The Morgan fingerprint density at radius 1 is 1.05 bits per heavy atom. The summed E-state index contributed by atoms with van der Waals surface area (Å²) in [6.45, 7) is 1.90. The molecule has 0 spiro atoms. The van der Waals surface area contributed by atoms with Gasteiger partial charge in [0.2, 0.25) is 11.8 Å². The maximum Gasteiger partial charge on any atom is 0.249 e. The number of aliphatic hydroxyl groups excluding tert-OH is 1. The molecule has 0 aliphatic carbocycles. The van der Waals surface area contributed by atoms with E-state index < -0.39 is 6.04 Å². The van der Waals surface area contributed by atoms with Crippen LogP contribution in [-0.2, 0) is 29.0 Å². The number of anilines is 1. The van der Waals surface area contributed by atoms with Crippen molar-refractivity contribution in [3.63, 3.8) is 0 Å². The first kappa shape index (κ1) is 27.4. The van der Waals surface area contributed by atoms with E-state index in [9.17, 15) is 14.7 Å². The van der Waals surface area contributed by atoms with Crippen LogP contribution in [0.4, 0.5) is 5.69 Å². The van der Waals surface area contributed by atoms with Crippen molar-refractivity contribution in [2.75, 3.05) is 18.6 Å². The summed E-state index contributed by atoms with van der Waals surface area (Å²) in [6, 6.07) is 24.0. The van der Waals surface area contributed by atoms with Crippen LogP contribution in [0.3, 0.4) is 0 Å². The molecule has 0 fully saturated rings. The second-order valence-electron chi connectivity index (χ2n) is 9.85. The van der Waals surface area contributed by atoms with Gasteiger partial charge in [-0.2, -0.15) is 0 Å². The SMILES string of the molecule is Cc1c(CCO)c2c(Cl)cccc2n1CC(=O)N[C@@H](Cc1ccccc1)C(=O)N(C)c1cnc2ccccc2c1. The summed E-state index contributed by atoms with van der Waals surface area (Å²) in [6.07, 6.45) is 2.44. The molecule has 7 nitrogen and oxygen atoms in total. The van der Waals surface area contributed by atoms with E-state index in [0.717, 1.165) is 38.6 Å². The van der Waals surface area contributed by atoms with Gasteiger partial charge in [0, 0.05) is 36.5 Å². The molecule has 2 amide bonds. The van der Waals surface area contributed by atoms with Crippen LogP contribution in [0.2, 0.25) is 5.02 Å². The number of carbonyl (C=O) groups excluding carboxylic acids is 2. The minimum absolute atomic E-state index is 0.00786. The third-order valence-electron chi connectivity index (χ3n) is 7.30. The largest absolute Gasteiger partial charge is 0.396 e. The van der Waals surface area contributed by atoms with Gasteiger partial charge in [-0.05, 0) is 48.7 Å². The van der Waals surface area contributed by atoms with Crippen LogP contribution in [0, 0.1) is 6.92 Å². The number of carbonyl (C=O) groups is 2. The lowest BCUT2D eigenvalue weighted by molar-refractivity contribution is -0.127. The number of hydrogen-bond donors (Lipinski definition) is 2. The topological polar surface area (TPSA) is 87.5 Å². The average Bonchev–Trinajstić information content (AvgIpc) is 3.23. The molecule has 0 aliphatic heterocycles. The van der Waals surface area contributed by atoms with E-state index in [0.29, 0.717) is 23.6 Å². The zero-order valence-corrected chi connectivity index (χ0v) is 23.2. The molecule has 2 aromatic heterocycles. The van der Waals surface area contributed by atoms with Gasteiger partial charge in [-0.15, -0.1) is 0 Å². The first-order valence-corrected chi connectivity index (χ1v) is 13.6. The molecule has 0 aliphatic rings. The number of para-hydroxylation sites is 1. The fourth-order valence-corrected chi connectivity index (χ4v) is 5.50. The number of rotatable bonds is 9. The Morgan fingerprint density at radius 3 is 2.58 bits per heavy atom. The molecule has 0 radical (unpaired) electrons. The number of nitrogens with zero attached hydrogens (tertiary/aromatic N) is 3. The van der Waals surface area contributed by atoms with E-state index in [1.807, 2.05) is 84.3 Å². The van der Waals surface area contributed by atoms with Gasteiger partial charge in [-0.25, -0.2) is 0 Å². The molecule has 3 aromatic carbocycles. The van der Waals surface area contributed by atoms with Crippen molar-refractivity contribution in [3.8, 4) is 0 Å². The van der Waals surface area contributed by atoms with Crippen LogP contribution >= 0.6 is 11.6 Å². The van der Waals surface area contributed by atoms with E-state index in [2.05, 4.69) is 10.3 Å². The number of halogens is 1. The molecule has 5 aromatic rings. The monoisotopic (exact) mass is 554 g/mol. The molecule has 5 rings (SSSR count). The first-order valence-electron chi connectivity index (χ1n) is 13.2.